The van der Waals surface area contributed by atoms with E-state index in [1.807, 2.05) is 0 Å². The largest absolute Gasteiger partial charge is 0.477 e. The van der Waals surface area contributed by atoms with Gasteiger partial charge >= 0.3 is 29.7 Å². The number of rotatable bonds is 5. The number of carboxylic acids is 1. The molecule has 0 aliphatic carbocycles. The number of ether oxygens (including phenoxy) is 1. The second kappa shape index (κ2) is 5.46. The summed E-state index contributed by atoms with van der Waals surface area (Å²) < 4.78 is 94.0. The molecule has 0 amide bonds. The highest BCUT2D eigenvalue weighted by molar-refractivity contribution is 5.85. The van der Waals surface area contributed by atoms with Gasteiger partial charge in [-0.15, -0.1) is 0 Å². The molecule has 0 fully saturated rings. The van der Waals surface area contributed by atoms with Gasteiger partial charge in [0.25, 0.3) is 0 Å². The lowest BCUT2D eigenvalue weighted by atomic mass is 10.0. The molecule has 22 heavy (non-hydrogen) atoms. The summed E-state index contributed by atoms with van der Waals surface area (Å²) in [6.07, 6.45) is 0. The van der Waals surface area contributed by atoms with Gasteiger partial charge in [-0.25, -0.2) is 14.0 Å². The Hall–Kier alpha value is -2.33. The smallest absolute Gasteiger partial charge is 0.411 e. The molecule has 4 nitrogen and oxygen atoms in total. The standard InChI is InChI=1S/C11H5F7O4/c12-5-1-3-6(4-2-5)22-8(21)10(15,16)11(17,18)9(13,14)7(19)20/h1-4H,(H,19,20). The second-order valence-electron chi connectivity index (χ2n) is 3.87. The number of carbonyl (C=O) groups is 2. The second-order valence-corrected chi connectivity index (χ2v) is 3.87. The zero-order valence-electron chi connectivity index (χ0n) is 10.1. The fraction of sp³-hybridized carbons (Fsp3) is 0.273. The highest BCUT2D eigenvalue weighted by atomic mass is 19.3. The summed E-state index contributed by atoms with van der Waals surface area (Å²) in [6.45, 7) is 0. The fourth-order valence-electron chi connectivity index (χ4n) is 1.13. The Morgan fingerprint density at radius 1 is 0.909 bits per heavy atom. The molecule has 0 aromatic heterocycles. The van der Waals surface area contributed by atoms with Gasteiger partial charge in [-0.3, -0.25) is 0 Å². The van der Waals surface area contributed by atoms with Crippen LogP contribution in [-0.2, 0) is 9.59 Å². The quantitative estimate of drug-likeness (QED) is 0.511. The van der Waals surface area contributed by atoms with Gasteiger partial charge in [-0.1, -0.05) is 0 Å². The summed E-state index contributed by atoms with van der Waals surface area (Å²) in [4.78, 5) is 20.9. The Labute approximate surface area is 117 Å². The SMILES string of the molecule is O=C(O)C(F)(F)C(F)(F)C(F)(F)C(=O)Oc1ccc(F)cc1. The van der Waals surface area contributed by atoms with Crippen LogP contribution in [0.4, 0.5) is 30.7 Å². The lowest BCUT2D eigenvalue weighted by Gasteiger charge is -2.28. The fourth-order valence-corrected chi connectivity index (χ4v) is 1.13. The van der Waals surface area contributed by atoms with E-state index in [0.717, 1.165) is 0 Å². The number of carboxylic acid groups (broad SMARTS) is 1. The van der Waals surface area contributed by atoms with E-state index >= 15 is 0 Å². The van der Waals surface area contributed by atoms with E-state index in [4.69, 9.17) is 5.11 Å². The molecule has 0 bridgehead atoms. The van der Waals surface area contributed by atoms with Gasteiger partial charge < -0.3 is 9.84 Å². The first-order chi connectivity index (χ1) is 9.84. The van der Waals surface area contributed by atoms with Crippen molar-refractivity contribution in [1.82, 2.24) is 0 Å². The van der Waals surface area contributed by atoms with Crippen LogP contribution in [0.25, 0.3) is 0 Å². The molecule has 11 heteroatoms. The monoisotopic (exact) mass is 334 g/mol. The molecule has 0 unspecified atom stereocenters. The van der Waals surface area contributed by atoms with Crippen LogP contribution in [0.3, 0.4) is 0 Å². The number of hydrogen-bond donors (Lipinski definition) is 1. The maximum atomic E-state index is 13.2. The molecule has 0 saturated carbocycles. The van der Waals surface area contributed by atoms with Gasteiger partial charge in [-0.05, 0) is 24.3 Å². The van der Waals surface area contributed by atoms with Crippen LogP contribution in [0.1, 0.15) is 0 Å². The number of esters is 1. The van der Waals surface area contributed by atoms with Crippen LogP contribution in [0, 0.1) is 5.82 Å². The van der Waals surface area contributed by atoms with Gasteiger partial charge in [0.05, 0.1) is 0 Å². The molecular weight excluding hydrogens is 329 g/mol. The topological polar surface area (TPSA) is 63.6 Å². The van der Waals surface area contributed by atoms with Crippen molar-refractivity contribution in [2.45, 2.75) is 17.8 Å². The van der Waals surface area contributed by atoms with Crippen LogP contribution in [-0.4, -0.2) is 34.8 Å². The zero-order valence-corrected chi connectivity index (χ0v) is 10.1. The first-order valence-corrected chi connectivity index (χ1v) is 5.18. The number of hydrogen-bond acceptors (Lipinski definition) is 3. The molecule has 0 radical (unpaired) electrons. The Balaban J connectivity index is 3.08. The molecule has 0 atom stereocenters. The molecule has 0 spiro atoms. The molecule has 1 N–H and O–H groups in total. The van der Waals surface area contributed by atoms with E-state index in [-0.39, 0.29) is 0 Å². The van der Waals surface area contributed by atoms with Crippen molar-refractivity contribution in [1.29, 1.82) is 0 Å². The molecule has 1 aromatic carbocycles. The molecule has 0 saturated heterocycles. The van der Waals surface area contributed by atoms with Crippen molar-refractivity contribution in [2.24, 2.45) is 0 Å². The minimum absolute atomic E-state index is 0.594. The average Bonchev–Trinajstić information content (AvgIpc) is 2.40. The van der Waals surface area contributed by atoms with Gasteiger partial charge in [0.15, 0.2) is 0 Å². The molecule has 1 rings (SSSR count). The number of halogens is 7. The summed E-state index contributed by atoms with van der Waals surface area (Å²) in [7, 11) is 0. The Bertz CT molecular complexity index is 583. The summed E-state index contributed by atoms with van der Waals surface area (Å²) in [5.41, 5.74) is 0. The normalized spacial score (nSPS) is 12.9. The molecule has 0 aliphatic rings. The van der Waals surface area contributed by atoms with E-state index in [2.05, 4.69) is 4.74 Å². The predicted octanol–water partition coefficient (Wildman–Crippen LogP) is 2.72. The zero-order chi connectivity index (χ0) is 17.3. The van der Waals surface area contributed by atoms with Gasteiger partial charge in [0.1, 0.15) is 11.6 Å². The van der Waals surface area contributed by atoms with E-state index in [1.54, 1.807) is 0 Å². The molecule has 122 valence electrons. The third-order valence-electron chi connectivity index (χ3n) is 2.34. The summed E-state index contributed by atoms with van der Waals surface area (Å²) in [6, 6.07) is 2.42. The summed E-state index contributed by atoms with van der Waals surface area (Å²) in [5.74, 6) is -27.3. The minimum Gasteiger partial charge on any atom is -0.477 e. The summed E-state index contributed by atoms with van der Waals surface area (Å²) >= 11 is 0. The Morgan fingerprint density at radius 3 is 1.77 bits per heavy atom. The van der Waals surface area contributed by atoms with E-state index in [9.17, 15) is 40.3 Å². The van der Waals surface area contributed by atoms with E-state index in [1.165, 1.54) is 0 Å². The van der Waals surface area contributed by atoms with Crippen LogP contribution >= 0.6 is 0 Å². The third-order valence-corrected chi connectivity index (χ3v) is 2.34. The van der Waals surface area contributed by atoms with E-state index in [0.29, 0.717) is 24.3 Å². The highest BCUT2D eigenvalue weighted by Crippen LogP contribution is 2.46. The van der Waals surface area contributed by atoms with E-state index < -0.39 is 41.3 Å². The number of carbonyl (C=O) groups excluding carboxylic acids is 1. The van der Waals surface area contributed by atoms with Crippen molar-refractivity contribution in [3.8, 4) is 5.75 Å². The average molecular weight is 334 g/mol. The molecular formula is C11H5F7O4. The lowest BCUT2D eigenvalue weighted by molar-refractivity contribution is -0.297. The van der Waals surface area contributed by atoms with Crippen molar-refractivity contribution in [2.75, 3.05) is 0 Å². The highest BCUT2D eigenvalue weighted by Gasteiger charge is 2.79. The first-order valence-electron chi connectivity index (χ1n) is 5.18. The first kappa shape index (κ1) is 17.7. The summed E-state index contributed by atoms with van der Waals surface area (Å²) in [5, 5.41) is 7.89. The van der Waals surface area contributed by atoms with Crippen molar-refractivity contribution < 1.29 is 50.2 Å². The van der Waals surface area contributed by atoms with Crippen LogP contribution < -0.4 is 4.74 Å². The van der Waals surface area contributed by atoms with Crippen molar-refractivity contribution >= 4 is 11.9 Å². The van der Waals surface area contributed by atoms with Crippen molar-refractivity contribution in [3.63, 3.8) is 0 Å². The molecule has 0 aliphatic heterocycles. The van der Waals surface area contributed by atoms with Crippen LogP contribution in [0.5, 0.6) is 5.75 Å². The van der Waals surface area contributed by atoms with Crippen LogP contribution in [0.2, 0.25) is 0 Å². The number of aliphatic carboxylic acids is 1. The van der Waals surface area contributed by atoms with Crippen LogP contribution in [0.15, 0.2) is 24.3 Å². The predicted molar refractivity (Wildman–Crippen MR) is 54.5 cm³/mol. The third kappa shape index (κ3) is 2.83. The molecule has 0 heterocycles. The lowest BCUT2D eigenvalue weighted by Crippen LogP contribution is -2.61. The van der Waals surface area contributed by atoms with Crippen molar-refractivity contribution in [3.05, 3.63) is 30.1 Å². The minimum atomic E-state index is -6.55. The maximum Gasteiger partial charge on any atom is 0.411 e. The molecule has 1 aromatic rings. The number of benzene rings is 1. The Morgan fingerprint density at radius 2 is 1.36 bits per heavy atom. The van der Waals surface area contributed by atoms with Gasteiger partial charge in [0.2, 0.25) is 0 Å². The maximum absolute atomic E-state index is 13.2. The number of alkyl halides is 6. The Kier molecular flexibility index (Phi) is 4.40. The van der Waals surface area contributed by atoms with Gasteiger partial charge in [-0.2, -0.15) is 26.3 Å². The van der Waals surface area contributed by atoms with Gasteiger partial charge in [0, 0.05) is 0 Å².